The number of ketones is 2. The van der Waals surface area contributed by atoms with Crippen molar-refractivity contribution < 1.29 is 39.6 Å². The molecule has 12 nitrogen and oxygen atoms in total. The standard InChI is InChI=1S/C25H30N4O8/c1-23(2,3)22(36)29-8-24-6-9-11(26)4-5-12(30)13(9)17(31)15(24)20(34)25(37)10(7-24)16(27)18(32)14(19(25)33)21(28)35/h4-5,10,16,30,32,34,37H,6-8,26-27H2,1-3H3,(H2,28,35)(H,29,36)/t10-,16-,24-,25+/m0/s1. The van der Waals surface area contributed by atoms with Crippen molar-refractivity contribution in [3.05, 3.63) is 45.9 Å². The maximum absolute atomic E-state index is 13.8. The third-order valence-corrected chi connectivity index (χ3v) is 7.67. The Hall–Kier alpha value is -3.90. The molecular weight excluding hydrogens is 484 g/mol. The van der Waals surface area contributed by atoms with Gasteiger partial charge in [0.05, 0.1) is 11.6 Å². The van der Waals surface area contributed by atoms with Crippen molar-refractivity contribution in [2.75, 3.05) is 12.3 Å². The number of hydrogen-bond acceptors (Lipinski definition) is 10. The molecule has 4 atom stereocenters. The summed E-state index contributed by atoms with van der Waals surface area (Å²) in [5.41, 5.74) is 11.2. The highest BCUT2D eigenvalue weighted by Crippen LogP contribution is 2.57. The number of fused-ring (bicyclic) bond motifs is 3. The number of benzene rings is 1. The van der Waals surface area contributed by atoms with Gasteiger partial charge in [0, 0.05) is 34.6 Å². The van der Waals surface area contributed by atoms with Crippen LogP contribution >= 0.6 is 0 Å². The molecule has 12 heteroatoms. The second-order valence-corrected chi connectivity index (χ2v) is 11.0. The number of anilines is 1. The van der Waals surface area contributed by atoms with E-state index in [1.807, 2.05) is 0 Å². The average molecular weight is 515 g/mol. The van der Waals surface area contributed by atoms with Crippen LogP contribution in [0.4, 0.5) is 5.69 Å². The van der Waals surface area contributed by atoms with Gasteiger partial charge in [0.25, 0.3) is 5.91 Å². The normalized spacial score (nSPS) is 29.4. The summed E-state index contributed by atoms with van der Waals surface area (Å²) in [6.45, 7) is 4.79. The number of carbonyl (C=O) groups excluding carboxylic acids is 4. The molecule has 0 aliphatic heterocycles. The highest BCUT2D eigenvalue weighted by Gasteiger charge is 2.65. The Morgan fingerprint density at radius 3 is 2.35 bits per heavy atom. The number of rotatable bonds is 3. The van der Waals surface area contributed by atoms with Crippen molar-refractivity contribution in [2.24, 2.45) is 28.2 Å². The number of hydrogen-bond donors (Lipinski definition) is 8. The van der Waals surface area contributed by atoms with Gasteiger partial charge in [0.15, 0.2) is 11.4 Å². The Balaban J connectivity index is 2.00. The number of phenolic OH excluding ortho intramolecular Hbond substituents is 1. The Labute approximate surface area is 211 Å². The average Bonchev–Trinajstić information content (AvgIpc) is 2.79. The number of nitrogen functional groups attached to an aromatic ring is 1. The number of phenols is 1. The molecule has 3 aliphatic carbocycles. The predicted octanol–water partition coefficient (Wildman–Crippen LogP) is -0.368. The summed E-state index contributed by atoms with van der Waals surface area (Å²) >= 11 is 0. The Bertz CT molecular complexity index is 1340. The highest BCUT2D eigenvalue weighted by molar-refractivity contribution is 6.25. The highest BCUT2D eigenvalue weighted by atomic mass is 16.3. The number of nitrogens with one attached hydrogen (secondary N) is 1. The molecule has 0 bridgehead atoms. The molecule has 0 saturated carbocycles. The number of Topliss-reactive ketones (excluding diaryl/α,β-unsaturated/α-hetero) is 2. The van der Waals surface area contributed by atoms with Crippen LogP contribution < -0.4 is 22.5 Å². The summed E-state index contributed by atoms with van der Waals surface area (Å²) in [5.74, 6) is -7.86. The van der Waals surface area contributed by atoms with E-state index in [2.05, 4.69) is 5.32 Å². The summed E-state index contributed by atoms with van der Waals surface area (Å²) in [5, 5.41) is 46.8. The van der Waals surface area contributed by atoms with E-state index in [1.54, 1.807) is 20.8 Å². The summed E-state index contributed by atoms with van der Waals surface area (Å²) in [7, 11) is 0. The summed E-state index contributed by atoms with van der Waals surface area (Å²) in [6, 6.07) is 1.08. The lowest BCUT2D eigenvalue weighted by atomic mass is 9.52. The quantitative estimate of drug-likeness (QED) is 0.148. The number of primary amides is 1. The molecule has 0 aromatic heterocycles. The van der Waals surface area contributed by atoms with Gasteiger partial charge in [-0.3, -0.25) is 19.2 Å². The Kier molecular flexibility index (Phi) is 5.69. The minimum atomic E-state index is -2.87. The van der Waals surface area contributed by atoms with Gasteiger partial charge in [-0.2, -0.15) is 0 Å². The van der Waals surface area contributed by atoms with Gasteiger partial charge in [-0.05, 0) is 30.5 Å². The SMILES string of the molecule is CC(C)(C)C(=O)NC[C@@]12Cc3c(N)ccc(O)c3C(=O)C1=C(O)[C@]1(O)C(=O)C(C(N)=O)=C(O)[C@@H](N)[C@@H]1C2. The molecule has 37 heavy (non-hydrogen) atoms. The van der Waals surface area contributed by atoms with Gasteiger partial charge in [-0.15, -0.1) is 0 Å². The lowest BCUT2D eigenvalue weighted by Crippen LogP contribution is -2.66. The zero-order valence-electron chi connectivity index (χ0n) is 20.6. The van der Waals surface area contributed by atoms with Gasteiger partial charge >= 0.3 is 0 Å². The fourth-order valence-electron chi connectivity index (χ4n) is 5.66. The maximum atomic E-state index is 13.8. The minimum absolute atomic E-state index is 0.0846. The van der Waals surface area contributed by atoms with Crippen LogP contribution in [0.15, 0.2) is 34.8 Å². The number of amides is 2. The monoisotopic (exact) mass is 514 g/mol. The topological polar surface area (TPSA) is 239 Å². The van der Waals surface area contributed by atoms with Crippen LogP contribution in [0.25, 0.3) is 0 Å². The van der Waals surface area contributed by atoms with E-state index in [1.165, 1.54) is 12.1 Å². The Morgan fingerprint density at radius 1 is 1.16 bits per heavy atom. The zero-order valence-corrected chi connectivity index (χ0v) is 20.6. The fourth-order valence-corrected chi connectivity index (χ4v) is 5.66. The van der Waals surface area contributed by atoms with Crippen molar-refractivity contribution in [3.8, 4) is 5.75 Å². The molecule has 0 radical (unpaired) electrons. The first-order valence-electron chi connectivity index (χ1n) is 11.6. The van der Waals surface area contributed by atoms with Crippen LogP contribution in [0, 0.1) is 16.7 Å². The lowest BCUT2D eigenvalue weighted by Gasteiger charge is -2.53. The van der Waals surface area contributed by atoms with Gasteiger partial charge in [0.1, 0.15) is 22.8 Å². The zero-order chi connectivity index (χ0) is 27.8. The second kappa shape index (κ2) is 8.05. The van der Waals surface area contributed by atoms with Crippen molar-refractivity contribution >= 4 is 29.1 Å². The molecule has 0 heterocycles. The molecule has 1 aromatic carbocycles. The maximum Gasteiger partial charge on any atom is 0.255 e. The van der Waals surface area contributed by atoms with Crippen LogP contribution in [0.2, 0.25) is 0 Å². The summed E-state index contributed by atoms with van der Waals surface area (Å²) < 4.78 is 0. The van der Waals surface area contributed by atoms with Gasteiger partial charge < -0.3 is 42.9 Å². The molecule has 11 N–H and O–H groups in total. The van der Waals surface area contributed by atoms with E-state index in [0.29, 0.717) is 0 Å². The number of aliphatic hydroxyl groups excluding tert-OH is 2. The number of nitrogens with two attached hydrogens (primary N) is 3. The van der Waals surface area contributed by atoms with E-state index in [4.69, 9.17) is 17.2 Å². The molecular formula is C25H30N4O8. The molecule has 1 aromatic rings. The third-order valence-electron chi connectivity index (χ3n) is 7.67. The first-order valence-corrected chi connectivity index (χ1v) is 11.6. The van der Waals surface area contributed by atoms with Gasteiger partial charge in [0.2, 0.25) is 11.7 Å². The molecule has 0 saturated heterocycles. The molecule has 2 amide bonds. The van der Waals surface area contributed by atoms with Crippen molar-refractivity contribution in [3.63, 3.8) is 0 Å². The molecule has 198 valence electrons. The Morgan fingerprint density at radius 2 is 1.78 bits per heavy atom. The molecule has 0 spiro atoms. The van der Waals surface area contributed by atoms with E-state index in [0.717, 1.165) is 0 Å². The van der Waals surface area contributed by atoms with Crippen LogP contribution in [-0.2, 0) is 20.8 Å². The molecule has 3 aliphatic rings. The van der Waals surface area contributed by atoms with E-state index in [-0.39, 0.29) is 42.1 Å². The summed E-state index contributed by atoms with van der Waals surface area (Å²) in [6.07, 6.45) is -0.366. The first kappa shape index (κ1) is 26.2. The van der Waals surface area contributed by atoms with Crippen LogP contribution in [0.1, 0.15) is 43.1 Å². The van der Waals surface area contributed by atoms with E-state index >= 15 is 0 Å². The van der Waals surface area contributed by atoms with Gasteiger partial charge in [-0.25, -0.2) is 0 Å². The summed E-state index contributed by atoms with van der Waals surface area (Å²) in [4.78, 5) is 51.8. The van der Waals surface area contributed by atoms with Crippen LogP contribution in [0.5, 0.6) is 5.75 Å². The molecule has 0 unspecified atom stereocenters. The lowest BCUT2D eigenvalue weighted by molar-refractivity contribution is -0.147. The minimum Gasteiger partial charge on any atom is -0.510 e. The third kappa shape index (κ3) is 3.50. The predicted molar refractivity (Wildman–Crippen MR) is 130 cm³/mol. The fraction of sp³-hybridized carbons (Fsp3) is 0.440. The van der Waals surface area contributed by atoms with E-state index in [9.17, 15) is 39.6 Å². The molecule has 0 fully saturated rings. The van der Waals surface area contributed by atoms with Crippen molar-refractivity contribution in [2.45, 2.75) is 45.3 Å². The largest absolute Gasteiger partial charge is 0.510 e. The van der Waals surface area contributed by atoms with Crippen molar-refractivity contribution in [1.82, 2.24) is 5.32 Å². The molecule has 4 rings (SSSR count). The van der Waals surface area contributed by atoms with Crippen molar-refractivity contribution in [1.29, 1.82) is 0 Å². The number of carbonyl (C=O) groups is 4. The van der Waals surface area contributed by atoms with Crippen LogP contribution in [0.3, 0.4) is 0 Å². The smallest absolute Gasteiger partial charge is 0.255 e. The number of aromatic hydroxyl groups is 1. The van der Waals surface area contributed by atoms with Crippen LogP contribution in [-0.4, -0.2) is 62.0 Å². The second-order valence-electron chi connectivity index (χ2n) is 11.0. The van der Waals surface area contributed by atoms with Gasteiger partial charge in [-0.1, -0.05) is 20.8 Å². The number of aliphatic hydroxyl groups is 3. The van der Waals surface area contributed by atoms with E-state index < -0.39 is 74.3 Å². The first-order chi connectivity index (χ1) is 17.0.